The molecule has 0 aromatic carbocycles. The minimum atomic E-state index is 0.475. The molecule has 1 rings (SSSR count). The van der Waals surface area contributed by atoms with Gasteiger partial charge in [-0.25, -0.2) is 0 Å². The van der Waals surface area contributed by atoms with Gasteiger partial charge in [0.25, 0.3) is 0 Å². The molecular formula is C18H38N2. The van der Waals surface area contributed by atoms with Crippen molar-refractivity contribution in [3.8, 4) is 0 Å². The summed E-state index contributed by atoms with van der Waals surface area (Å²) in [5.41, 5.74) is 0.475. The van der Waals surface area contributed by atoms with Gasteiger partial charge in [-0.05, 0) is 43.7 Å². The van der Waals surface area contributed by atoms with E-state index in [1.165, 1.54) is 64.7 Å². The van der Waals surface area contributed by atoms with E-state index in [-0.39, 0.29) is 0 Å². The molecule has 1 N–H and O–H groups in total. The Bertz CT molecular complexity index is 250. The van der Waals surface area contributed by atoms with Gasteiger partial charge >= 0.3 is 0 Å². The highest BCUT2D eigenvalue weighted by Gasteiger charge is 2.24. The zero-order chi connectivity index (χ0) is 15.0. The van der Waals surface area contributed by atoms with Crippen molar-refractivity contribution in [1.29, 1.82) is 0 Å². The molecule has 1 fully saturated rings. The van der Waals surface area contributed by atoms with Crippen LogP contribution in [0.25, 0.3) is 0 Å². The fraction of sp³-hybridized carbons (Fsp3) is 1.00. The lowest BCUT2D eigenvalue weighted by atomic mass is 9.86. The molecule has 2 atom stereocenters. The third-order valence-electron chi connectivity index (χ3n) is 4.72. The van der Waals surface area contributed by atoms with E-state index in [1.807, 2.05) is 0 Å². The van der Waals surface area contributed by atoms with E-state index in [4.69, 9.17) is 0 Å². The SMILES string of the molecule is CCCCCC(C)(C)CN1CCC(CC)NCC(C)C1. The second kappa shape index (κ2) is 9.04. The van der Waals surface area contributed by atoms with Gasteiger partial charge in [0, 0.05) is 19.1 Å². The third kappa shape index (κ3) is 7.08. The molecule has 0 radical (unpaired) electrons. The van der Waals surface area contributed by atoms with Gasteiger partial charge in [-0.3, -0.25) is 0 Å². The molecule has 2 unspecified atom stereocenters. The number of unbranched alkanes of at least 4 members (excludes halogenated alkanes) is 2. The fourth-order valence-corrected chi connectivity index (χ4v) is 3.43. The van der Waals surface area contributed by atoms with Crippen LogP contribution in [0.15, 0.2) is 0 Å². The van der Waals surface area contributed by atoms with Crippen LogP contribution in [0.3, 0.4) is 0 Å². The topological polar surface area (TPSA) is 15.3 Å². The summed E-state index contributed by atoms with van der Waals surface area (Å²) in [5.74, 6) is 0.774. The molecule has 0 amide bonds. The van der Waals surface area contributed by atoms with Crippen LogP contribution in [-0.4, -0.2) is 37.1 Å². The van der Waals surface area contributed by atoms with Crippen LogP contribution in [0.4, 0.5) is 0 Å². The second-order valence-corrected chi connectivity index (χ2v) is 7.76. The highest BCUT2D eigenvalue weighted by atomic mass is 15.1. The summed E-state index contributed by atoms with van der Waals surface area (Å²) < 4.78 is 0. The predicted octanol–water partition coefficient (Wildman–Crippen LogP) is 4.30. The lowest BCUT2D eigenvalue weighted by Gasteiger charge is -2.37. The maximum Gasteiger partial charge on any atom is 0.00767 e. The highest BCUT2D eigenvalue weighted by molar-refractivity contribution is 4.80. The fourth-order valence-electron chi connectivity index (χ4n) is 3.43. The van der Waals surface area contributed by atoms with Gasteiger partial charge in [0.05, 0.1) is 0 Å². The summed E-state index contributed by atoms with van der Waals surface area (Å²) in [6.07, 6.45) is 8.07. The molecule has 0 aliphatic carbocycles. The number of hydrogen-bond donors (Lipinski definition) is 1. The predicted molar refractivity (Wildman–Crippen MR) is 90.2 cm³/mol. The van der Waals surface area contributed by atoms with E-state index in [2.05, 4.69) is 44.8 Å². The molecule has 0 bridgehead atoms. The summed E-state index contributed by atoms with van der Waals surface area (Å²) in [4.78, 5) is 2.74. The second-order valence-electron chi connectivity index (χ2n) is 7.76. The zero-order valence-corrected chi connectivity index (χ0v) is 14.7. The Balaban J connectivity index is 2.46. The number of hydrogen-bond acceptors (Lipinski definition) is 2. The van der Waals surface area contributed by atoms with Crippen LogP contribution in [0.2, 0.25) is 0 Å². The van der Waals surface area contributed by atoms with Crippen molar-refractivity contribution >= 4 is 0 Å². The van der Waals surface area contributed by atoms with E-state index in [0.29, 0.717) is 5.41 Å². The molecular weight excluding hydrogens is 244 g/mol. The molecule has 20 heavy (non-hydrogen) atoms. The van der Waals surface area contributed by atoms with Gasteiger partial charge in [-0.15, -0.1) is 0 Å². The van der Waals surface area contributed by atoms with Crippen molar-refractivity contribution in [1.82, 2.24) is 10.2 Å². The summed E-state index contributed by atoms with van der Waals surface area (Å²) in [7, 11) is 0. The Morgan fingerprint density at radius 3 is 2.60 bits per heavy atom. The first kappa shape index (κ1) is 18.0. The molecule has 1 saturated heterocycles. The lowest BCUT2D eigenvalue weighted by Crippen LogP contribution is -2.46. The molecule has 0 aromatic rings. The Morgan fingerprint density at radius 2 is 1.95 bits per heavy atom. The Kier molecular flexibility index (Phi) is 8.13. The Morgan fingerprint density at radius 1 is 1.20 bits per heavy atom. The van der Waals surface area contributed by atoms with Crippen LogP contribution in [0, 0.1) is 11.3 Å². The minimum absolute atomic E-state index is 0.475. The van der Waals surface area contributed by atoms with Crippen molar-refractivity contribution in [3.63, 3.8) is 0 Å². The molecule has 0 aromatic heterocycles. The van der Waals surface area contributed by atoms with Gasteiger partial charge in [-0.2, -0.15) is 0 Å². The summed E-state index contributed by atoms with van der Waals surface area (Å²) in [6, 6.07) is 0.725. The van der Waals surface area contributed by atoms with Crippen molar-refractivity contribution in [2.24, 2.45) is 11.3 Å². The minimum Gasteiger partial charge on any atom is -0.314 e. The smallest absolute Gasteiger partial charge is 0.00767 e. The van der Waals surface area contributed by atoms with E-state index < -0.39 is 0 Å². The van der Waals surface area contributed by atoms with Crippen molar-refractivity contribution < 1.29 is 0 Å². The maximum atomic E-state index is 3.72. The summed E-state index contributed by atoms with van der Waals surface area (Å²) in [6.45, 7) is 16.9. The zero-order valence-electron chi connectivity index (χ0n) is 14.7. The first-order valence-electron chi connectivity index (χ1n) is 8.92. The van der Waals surface area contributed by atoms with Gasteiger partial charge in [-0.1, -0.05) is 53.9 Å². The van der Waals surface area contributed by atoms with E-state index in [1.54, 1.807) is 0 Å². The average molecular weight is 283 g/mol. The van der Waals surface area contributed by atoms with Gasteiger partial charge in [0.2, 0.25) is 0 Å². The molecule has 1 aliphatic rings. The Hall–Kier alpha value is -0.0800. The Labute approximate surface area is 127 Å². The van der Waals surface area contributed by atoms with Gasteiger partial charge in [0.15, 0.2) is 0 Å². The number of rotatable bonds is 7. The lowest BCUT2D eigenvalue weighted by molar-refractivity contribution is 0.130. The first-order valence-corrected chi connectivity index (χ1v) is 8.92. The van der Waals surface area contributed by atoms with Crippen molar-refractivity contribution in [2.75, 3.05) is 26.2 Å². The van der Waals surface area contributed by atoms with Crippen LogP contribution < -0.4 is 5.32 Å². The molecule has 120 valence electrons. The third-order valence-corrected chi connectivity index (χ3v) is 4.72. The molecule has 0 spiro atoms. The first-order chi connectivity index (χ1) is 9.46. The molecule has 1 heterocycles. The van der Waals surface area contributed by atoms with E-state index >= 15 is 0 Å². The monoisotopic (exact) mass is 282 g/mol. The van der Waals surface area contributed by atoms with Crippen molar-refractivity contribution in [3.05, 3.63) is 0 Å². The average Bonchev–Trinajstić information content (AvgIpc) is 2.36. The number of nitrogens with zero attached hydrogens (tertiary/aromatic N) is 1. The van der Waals surface area contributed by atoms with E-state index in [0.717, 1.165) is 12.0 Å². The maximum absolute atomic E-state index is 3.72. The van der Waals surface area contributed by atoms with E-state index in [9.17, 15) is 0 Å². The van der Waals surface area contributed by atoms with Crippen LogP contribution >= 0.6 is 0 Å². The van der Waals surface area contributed by atoms with Crippen LogP contribution in [0.1, 0.15) is 73.1 Å². The molecule has 2 nitrogen and oxygen atoms in total. The molecule has 1 aliphatic heterocycles. The summed E-state index contributed by atoms with van der Waals surface area (Å²) in [5, 5.41) is 3.72. The molecule has 0 saturated carbocycles. The normalized spacial score (nSPS) is 26.2. The van der Waals surface area contributed by atoms with Gasteiger partial charge < -0.3 is 10.2 Å². The van der Waals surface area contributed by atoms with Crippen LogP contribution in [0.5, 0.6) is 0 Å². The largest absolute Gasteiger partial charge is 0.314 e. The van der Waals surface area contributed by atoms with Crippen molar-refractivity contribution in [2.45, 2.75) is 79.2 Å². The standard InChI is InChI=1S/C18H38N2/c1-6-8-9-11-18(4,5)15-20-12-10-17(7-2)19-13-16(3)14-20/h16-17,19H,6-15H2,1-5H3. The van der Waals surface area contributed by atoms with Crippen LogP contribution in [-0.2, 0) is 0 Å². The quantitative estimate of drug-likeness (QED) is 0.700. The van der Waals surface area contributed by atoms with Gasteiger partial charge in [0.1, 0.15) is 0 Å². The summed E-state index contributed by atoms with van der Waals surface area (Å²) >= 11 is 0. The highest BCUT2D eigenvalue weighted by Crippen LogP contribution is 2.26. The molecule has 2 heteroatoms. The number of nitrogens with one attached hydrogen (secondary N) is 1.